The first kappa shape index (κ1) is 14.9. The second-order valence-electron chi connectivity index (χ2n) is 6.26. The Hall–Kier alpha value is -1.71. The lowest BCUT2D eigenvalue weighted by atomic mass is 9.98. The predicted molar refractivity (Wildman–Crippen MR) is 94.8 cm³/mol. The van der Waals surface area contributed by atoms with E-state index >= 15 is 0 Å². The molecule has 120 valence electrons. The summed E-state index contributed by atoms with van der Waals surface area (Å²) in [4.78, 5) is 2.30. The Balaban J connectivity index is 1.76. The van der Waals surface area contributed by atoms with E-state index in [1.807, 2.05) is 18.2 Å². The summed E-state index contributed by atoms with van der Waals surface area (Å²) in [6.45, 7) is 2.72. The number of para-hydroxylation sites is 1. The lowest BCUT2D eigenvalue weighted by molar-refractivity contribution is 0.329. The van der Waals surface area contributed by atoms with Gasteiger partial charge in [0, 0.05) is 12.6 Å². The Kier molecular flexibility index (Phi) is 3.92. The third-order valence-electron chi connectivity index (χ3n) is 4.95. The fourth-order valence-electron chi connectivity index (χ4n) is 3.73. The third-order valence-corrected chi connectivity index (χ3v) is 5.25. The molecule has 0 saturated heterocycles. The van der Waals surface area contributed by atoms with E-state index in [0.717, 1.165) is 42.4 Å². The average Bonchev–Trinajstić information content (AvgIpc) is 2.85. The van der Waals surface area contributed by atoms with Gasteiger partial charge in [0.2, 0.25) is 0 Å². The molecule has 0 aliphatic carbocycles. The first-order valence-corrected chi connectivity index (χ1v) is 8.59. The standard InChI is InChI=1S/C19H21ClN2O/c1-22(17-12-23-18-5-3-2-4-15(17)18)19-14-9-11-21-10-8-13(14)6-7-16(19)20/h2-7,17,21H,8-12H2,1H3. The number of rotatable bonds is 2. The summed E-state index contributed by atoms with van der Waals surface area (Å²) < 4.78 is 5.87. The molecule has 1 unspecified atom stereocenters. The molecule has 2 aromatic rings. The fourth-order valence-corrected chi connectivity index (χ4v) is 4.04. The van der Waals surface area contributed by atoms with Gasteiger partial charge in [0.05, 0.1) is 16.8 Å². The van der Waals surface area contributed by atoms with E-state index in [4.69, 9.17) is 16.3 Å². The zero-order valence-electron chi connectivity index (χ0n) is 13.3. The molecule has 3 nitrogen and oxygen atoms in total. The van der Waals surface area contributed by atoms with Crippen LogP contribution in [0.25, 0.3) is 0 Å². The zero-order chi connectivity index (χ0) is 15.8. The minimum absolute atomic E-state index is 0.214. The summed E-state index contributed by atoms with van der Waals surface area (Å²) in [5, 5.41) is 4.31. The van der Waals surface area contributed by atoms with Crippen molar-refractivity contribution >= 4 is 17.3 Å². The molecule has 0 spiro atoms. The van der Waals surface area contributed by atoms with Crippen molar-refractivity contribution in [2.24, 2.45) is 0 Å². The molecule has 4 heteroatoms. The first-order valence-electron chi connectivity index (χ1n) is 8.21. The van der Waals surface area contributed by atoms with Gasteiger partial charge in [-0.2, -0.15) is 0 Å². The van der Waals surface area contributed by atoms with E-state index in [2.05, 4.69) is 35.5 Å². The van der Waals surface area contributed by atoms with Gasteiger partial charge in [0.15, 0.2) is 0 Å². The quantitative estimate of drug-likeness (QED) is 0.911. The molecular formula is C19H21ClN2O. The molecule has 0 radical (unpaired) electrons. The molecule has 2 aliphatic heterocycles. The van der Waals surface area contributed by atoms with Crippen LogP contribution in [0.1, 0.15) is 22.7 Å². The molecular weight excluding hydrogens is 308 g/mol. The number of nitrogens with one attached hydrogen (secondary N) is 1. The zero-order valence-corrected chi connectivity index (χ0v) is 14.1. The van der Waals surface area contributed by atoms with Crippen molar-refractivity contribution in [2.45, 2.75) is 18.9 Å². The lowest BCUT2D eigenvalue weighted by Crippen LogP contribution is -2.27. The third kappa shape index (κ3) is 2.58. The van der Waals surface area contributed by atoms with Crippen molar-refractivity contribution < 1.29 is 4.74 Å². The van der Waals surface area contributed by atoms with Crippen LogP contribution in [-0.2, 0) is 12.8 Å². The van der Waals surface area contributed by atoms with Gasteiger partial charge in [-0.15, -0.1) is 0 Å². The Labute approximate surface area is 142 Å². The molecule has 0 bridgehead atoms. The van der Waals surface area contributed by atoms with Gasteiger partial charge < -0.3 is 15.0 Å². The maximum Gasteiger partial charge on any atom is 0.124 e. The minimum atomic E-state index is 0.214. The smallest absolute Gasteiger partial charge is 0.124 e. The number of fused-ring (bicyclic) bond motifs is 2. The minimum Gasteiger partial charge on any atom is -0.491 e. The van der Waals surface area contributed by atoms with Gasteiger partial charge in [0.25, 0.3) is 0 Å². The van der Waals surface area contributed by atoms with Crippen molar-refractivity contribution in [3.63, 3.8) is 0 Å². The summed E-state index contributed by atoms with van der Waals surface area (Å²) in [5.74, 6) is 0.990. The van der Waals surface area contributed by atoms with Crippen LogP contribution in [-0.4, -0.2) is 26.7 Å². The molecule has 2 heterocycles. The molecule has 23 heavy (non-hydrogen) atoms. The van der Waals surface area contributed by atoms with Crippen LogP contribution in [0.2, 0.25) is 5.02 Å². The Morgan fingerprint density at radius 1 is 1.13 bits per heavy atom. The maximum atomic E-state index is 6.61. The number of nitrogens with zero attached hydrogens (tertiary/aromatic N) is 1. The average molecular weight is 329 g/mol. The predicted octanol–water partition coefficient (Wildman–Crippen LogP) is 3.60. The van der Waals surface area contributed by atoms with Gasteiger partial charge >= 0.3 is 0 Å². The Bertz CT molecular complexity index is 731. The molecule has 1 N–H and O–H groups in total. The highest BCUT2D eigenvalue weighted by atomic mass is 35.5. The molecule has 4 rings (SSSR count). The number of hydrogen-bond acceptors (Lipinski definition) is 3. The summed E-state index contributed by atoms with van der Waals surface area (Å²) in [7, 11) is 2.13. The van der Waals surface area contributed by atoms with Crippen LogP contribution in [0.4, 0.5) is 5.69 Å². The summed E-state index contributed by atoms with van der Waals surface area (Å²) >= 11 is 6.61. The monoisotopic (exact) mass is 328 g/mol. The normalized spacial score (nSPS) is 19.5. The number of ether oxygens (including phenoxy) is 1. The lowest BCUT2D eigenvalue weighted by Gasteiger charge is -2.30. The van der Waals surface area contributed by atoms with E-state index < -0.39 is 0 Å². The molecule has 0 saturated carbocycles. The van der Waals surface area contributed by atoms with E-state index in [0.29, 0.717) is 6.61 Å². The van der Waals surface area contributed by atoms with E-state index in [-0.39, 0.29) is 6.04 Å². The van der Waals surface area contributed by atoms with Crippen molar-refractivity contribution in [1.82, 2.24) is 5.32 Å². The second-order valence-corrected chi connectivity index (χ2v) is 6.67. The van der Waals surface area contributed by atoms with Gasteiger partial charge in [0.1, 0.15) is 12.4 Å². The number of hydrogen-bond donors (Lipinski definition) is 1. The van der Waals surface area contributed by atoms with E-state index in [9.17, 15) is 0 Å². The van der Waals surface area contributed by atoms with Crippen LogP contribution in [0, 0.1) is 0 Å². The van der Waals surface area contributed by atoms with Crippen LogP contribution in [0.3, 0.4) is 0 Å². The SMILES string of the molecule is CN(c1c(Cl)ccc2c1CCNCC2)C1COc2ccccc21. The highest BCUT2D eigenvalue weighted by Gasteiger charge is 2.30. The molecule has 1 atom stereocenters. The molecule has 2 aliphatic rings. The molecule has 2 aromatic carbocycles. The number of likely N-dealkylation sites (N-methyl/N-ethyl adjacent to an activating group) is 1. The van der Waals surface area contributed by atoms with Gasteiger partial charge in [-0.05, 0) is 49.2 Å². The first-order chi connectivity index (χ1) is 11.3. The van der Waals surface area contributed by atoms with Crippen LogP contribution < -0.4 is 15.0 Å². The van der Waals surface area contributed by atoms with Gasteiger partial charge in [-0.25, -0.2) is 0 Å². The largest absolute Gasteiger partial charge is 0.491 e. The van der Waals surface area contributed by atoms with Crippen molar-refractivity contribution in [3.8, 4) is 5.75 Å². The van der Waals surface area contributed by atoms with Crippen molar-refractivity contribution in [1.29, 1.82) is 0 Å². The second kappa shape index (κ2) is 6.06. The Morgan fingerprint density at radius 2 is 1.96 bits per heavy atom. The highest BCUT2D eigenvalue weighted by molar-refractivity contribution is 6.33. The molecule has 0 fully saturated rings. The van der Waals surface area contributed by atoms with Gasteiger partial charge in [-0.1, -0.05) is 35.9 Å². The summed E-state index contributed by atoms with van der Waals surface area (Å²) in [5.41, 5.74) is 5.21. The van der Waals surface area contributed by atoms with Crippen LogP contribution in [0.5, 0.6) is 5.75 Å². The van der Waals surface area contributed by atoms with Crippen molar-refractivity contribution in [3.05, 3.63) is 58.1 Å². The van der Waals surface area contributed by atoms with Crippen molar-refractivity contribution in [2.75, 3.05) is 31.6 Å². The topological polar surface area (TPSA) is 24.5 Å². The Morgan fingerprint density at radius 3 is 2.87 bits per heavy atom. The van der Waals surface area contributed by atoms with E-state index in [1.54, 1.807) is 0 Å². The molecule has 0 aromatic heterocycles. The van der Waals surface area contributed by atoms with E-state index in [1.165, 1.54) is 16.7 Å². The number of benzene rings is 2. The fraction of sp³-hybridized carbons (Fsp3) is 0.368. The summed E-state index contributed by atoms with van der Waals surface area (Å²) in [6.07, 6.45) is 2.08. The molecule has 0 amide bonds. The maximum absolute atomic E-state index is 6.61. The summed E-state index contributed by atoms with van der Waals surface area (Å²) in [6, 6.07) is 12.7. The number of halogens is 1. The van der Waals surface area contributed by atoms with Crippen LogP contribution in [0.15, 0.2) is 36.4 Å². The number of anilines is 1. The highest BCUT2D eigenvalue weighted by Crippen LogP contribution is 2.41. The van der Waals surface area contributed by atoms with Gasteiger partial charge in [-0.3, -0.25) is 0 Å². The van der Waals surface area contributed by atoms with Crippen LogP contribution >= 0.6 is 11.6 Å².